The van der Waals surface area contributed by atoms with Crippen molar-refractivity contribution >= 4 is 21.1 Å². The van der Waals surface area contributed by atoms with Crippen LogP contribution in [0.5, 0.6) is 0 Å². The van der Waals surface area contributed by atoms with Crippen LogP contribution in [-0.2, 0) is 9.98 Å². The highest BCUT2D eigenvalue weighted by atomic mass is 31.0. The molecule has 172 valence electrons. The molecular weight excluding hydrogens is 435 g/mol. The molecule has 0 unspecified atom stereocenters. The molecule has 6 heteroatoms. The van der Waals surface area contributed by atoms with Crippen molar-refractivity contribution in [3.63, 3.8) is 0 Å². The Morgan fingerprint density at radius 3 is 1.48 bits per heavy atom. The summed E-state index contributed by atoms with van der Waals surface area (Å²) in [7, 11) is 1.72. The van der Waals surface area contributed by atoms with Crippen molar-refractivity contribution in [2.45, 2.75) is 44.4 Å². The SMILES string of the molecule is CCCCCCC(c1ccccc1)(c1ccc(C(=O)O)cc1)c1ccc(C(=O)O)cc1.O=P. The van der Waals surface area contributed by atoms with Gasteiger partial charge in [-0.1, -0.05) is 87.2 Å². The van der Waals surface area contributed by atoms with Crippen molar-refractivity contribution in [2.24, 2.45) is 0 Å². The number of hydrogen-bond acceptors (Lipinski definition) is 3. The molecule has 0 bridgehead atoms. The van der Waals surface area contributed by atoms with Crippen molar-refractivity contribution in [3.8, 4) is 0 Å². The highest BCUT2D eigenvalue weighted by Gasteiger charge is 2.36. The fourth-order valence-corrected chi connectivity index (χ4v) is 4.27. The molecule has 5 nitrogen and oxygen atoms in total. The Morgan fingerprint density at radius 2 is 1.09 bits per heavy atom. The van der Waals surface area contributed by atoms with Gasteiger partial charge in [0.25, 0.3) is 0 Å². The number of benzene rings is 3. The smallest absolute Gasteiger partial charge is 0.335 e. The summed E-state index contributed by atoms with van der Waals surface area (Å²) in [6.45, 7) is 2.18. The second-order valence-corrected chi connectivity index (χ2v) is 7.85. The van der Waals surface area contributed by atoms with Crippen LogP contribution in [0.3, 0.4) is 0 Å². The summed E-state index contributed by atoms with van der Waals surface area (Å²) in [6, 6.07) is 24.3. The highest BCUT2D eigenvalue weighted by Crippen LogP contribution is 2.43. The Kier molecular flexibility index (Phi) is 9.96. The summed E-state index contributed by atoms with van der Waals surface area (Å²) in [5.74, 6) is -1.91. The van der Waals surface area contributed by atoms with E-state index in [1.54, 1.807) is 33.4 Å². The first-order valence-corrected chi connectivity index (χ1v) is 11.3. The molecule has 0 saturated carbocycles. The van der Waals surface area contributed by atoms with Gasteiger partial charge in [-0.25, -0.2) is 9.59 Å². The van der Waals surface area contributed by atoms with Crippen LogP contribution in [0.2, 0.25) is 0 Å². The fourth-order valence-electron chi connectivity index (χ4n) is 4.27. The van der Waals surface area contributed by atoms with E-state index in [2.05, 4.69) is 19.1 Å². The molecule has 0 aliphatic heterocycles. The van der Waals surface area contributed by atoms with Gasteiger partial charge >= 0.3 is 11.9 Å². The number of carboxylic acid groups (broad SMARTS) is 2. The van der Waals surface area contributed by atoms with Crippen molar-refractivity contribution < 1.29 is 24.4 Å². The van der Waals surface area contributed by atoms with Gasteiger partial charge in [0, 0.05) is 5.41 Å². The van der Waals surface area contributed by atoms with E-state index in [4.69, 9.17) is 4.57 Å². The van der Waals surface area contributed by atoms with Gasteiger partial charge in [0.2, 0.25) is 0 Å². The molecule has 0 fully saturated rings. The lowest BCUT2D eigenvalue weighted by Gasteiger charge is -2.36. The maximum Gasteiger partial charge on any atom is 0.335 e. The zero-order valence-electron chi connectivity index (χ0n) is 18.7. The topological polar surface area (TPSA) is 91.7 Å². The van der Waals surface area contributed by atoms with Gasteiger partial charge in [-0.05, 0) is 47.4 Å². The molecule has 0 spiro atoms. The number of hydrogen-bond donors (Lipinski definition) is 2. The molecule has 2 N–H and O–H groups in total. The van der Waals surface area contributed by atoms with Crippen LogP contribution in [0.25, 0.3) is 0 Å². The number of rotatable bonds is 10. The summed E-state index contributed by atoms with van der Waals surface area (Å²) in [4.78, 5) is 22.8. The van der Waals surface area contributed by atoms with Gasteiger partial charge in [-0.3, -0.25) is 4.57 Å². The van der Waals surface area contributed by atoms with E-state index >= 15 is 0 Å². The predicted molar refractivity (Wildman–Crippen MR) is 131 cm³/mol. The molecule has 0 radical (unpaired) electrons. The minimum Gasteiger partial charge on any atom is -0.478 e. The molecule has 0 amide bonds. The summed E-state index contributed by atoms with van der Waals surface area (Å²) in [6.07, 6.45) is 5.24. The quantitative estimate of drug-likeness (QED) is 0.194. The van der Waals surface area contributed by atoms with E-state index in [1.165, 1.54) is 0 Å². The molecule has 33 heavy (non-hydrogen) atoms. The lowest BCUT2D eigenvalue weighted by atomic mass is 9.66. The zero-order chi connectivity index (χ0) is 24.3. The van der Waals surface area contributed by atoms with Crippen molar-refractivity contribution in [3.05, 3.63) is 107 Å². The molecular formula is C27H29O5P. The Labute approximate surface area is 196 Å². The van der Waals surface area contributed by atoms with Gasteiger partial charge in [0.05, 0.1) is 11.1 Å². The number of aromatic carboxylic acids is 2. The van der Waals surface area contributed by atoms with E-state index in [0.717, 1.165) is 48.8 Å². The first kappa shape index (κ1) is 26.0. The summed E-state index contributed by atoms with van der Waals surface area (Å²) >= 11 is 0. The van der Waals surface area contributed by atoms with Gasteiger partial charge in [0.15, 0.2) is 0 Å². The highest BCUT2D eigenvalue weighted by molar-refractivity contribution is 7.00. The van der Waals surface area contributed by atoms with Crippen LogP contribution in [0.1, 0.15) is 76.4 Å². The van der Waals surface area contributed by atoms with Crippen LogP contribution < -0.4 is 0 Å². The average molecular weight is 464 g/mol. The normalized spacial score (nSPS) is 10.7. The van der Waals surface area contributed by atoms with Crippen molar-refractivity contribution in [1.29, 1.82) is 0 Å². The van der Waals surface area contributed by atoms with E-state index in [1.807, 2.05) is 42.5 Å². The fraction of sp³-hybridized carbons (Fsp3) is 0.259. The van der Waals surface area contributed by atoms with E-state index in [-0.39, 0.29) is 11.1 Å². The number of carboxylic acids is 2. The summed E-state index contributed by atoms with van der Waals surface area (Å²) < 4.78 is 8.06. The van der Waals surface area contributed by atoms with Gasteiger partial charge < -0.3 is 10.2 Å². The van der Waals surface area contributed by atoms with Crippen molar-refractivity contribution in [2.75, 3.05) is 0 Å². The van der Waals surface area contributed by atoms with Crippen LogP contribution in [0, 0.1) is 0 Å². The maximum atomic E-state index is 11.4. The van der Waals surface area contributed by atoms with Crippen molar-refractivity contribution in [1.82, 2.24) is 0 Å². The van der Waals surface area contributed by atoms with Gasteiger partial charge in [-0.15, -0.1) is 0 Å². The summed E-state index contributed by atoms with van der Waals surface area (Å²) in [5, 5.41) is 18.7. The van der Waals surface area contributed by atoms with E-state index < -0.39 is 17.4 Å². The molecule has 0 atom stereocenters. The first-order chi connectivity index (χ1) is 16.0. The van der Waals surface area contributed by atoms with E-state index in [0.29, 0.717) is 0 Å². The van der Waals surface area contributed by atoms with Crippen LogP contribution >= 0.6 is 9.12 Å². The Bertz CT molecular complexity index is 973. The number of carbonyl (C=O) groups is 2. The molecule has 0 aromatic heterocycles. The molecule has 0 saturated heterocycles. The zero-order valence-corrected chi connectivity index (χ0v) is 19.7. The Morgan fingerprint density at radius 1 is 0.667 bits per heavy atom. The third-order valence-corrected chi connectivity index (χ3v) is 5.92. The second-order valence-electron chi connectivity index (χ2n) is 7.85. The van der Waals surface area contributed by atoms with Crippen LogP contribution in [0.4, 0.5) is 0 Å². The minimum atomic E-state index is -0.953. The third-order valence-electron chi connectivity index (χ3n) is 5.92. The predicted octanol–water partition coefficient (Wildman–Crippen LogP) is 6.86. The largest absolute Gasteiger partial charge is 0.478 e. The molecule has 3 aromatic rings. The first-order valence-electron chi connectivity index (χ1n) is 10.9. The lowest BCUT2D eigenvalue weighted by molar-refractivity contribution is 0.0686. The van der Waals surface area contributed by atoms with Gasteiger partial charge in [0.1, 0.15) is 9.12 Å². The van der Waals surface area contributed by atoms with Crippen LogP contribution in [0.15, 0.2) is 78.9 Å². The van der Waals surface area contributed by atoms with E-state index in [9.17, 15) is 19.8 Å². The molecule has 3 aromatic carbocycles. The molecule has 0 heterocycles. The monoisotopic (exact) mass is 464 g/mol. The Hall–Kier alpha value is -3.30. The Balaban J connectivity index is 0.00000187. The molecule has 3 rings (SSSR count). The molecule has 0 aliphatic carbocycles. The van der Waals surface area contributed by atoms with Gasteiger partial charge in [-0.2, -0.15) is 0 Å². The second kappa shape index (κ2) is 12.7. The maximum absolute atomic E-state index is 11.4. The minimum absolute atomic E-state index is 0.248. The molecule has 0 aliphatic rings. The number of unbranched alkanes of at least 4 members (excludes halogenated alkanes) is 3. The van der Waals surface area contributed by atoms with Crippen LogP contribution in [-0.4, -0.2) is 22.2 Å². The third kappa shape index (κ3) is 6.15. The lowest BCUT2D eigenvalue weighted by Crippen LogP contribution is -2.29. The standard InChI is InChI=1S/C27H28O4.HOP/c1-2-3-4-8-19-27(22-9-6-5-7-10-22,23-15-11-20(12-16-23)25(28)29)24-17-13-21(14-18-24)26(30)31;1-2/h5-7,9-18H,2-4,8,19H2,1H3,(H,28,29)(H,30,31);2H. The summed E-state index contributed by atoms with van der Waals surface area (Å²) in [5.41, 5.74) is 3.11. The average Bonchev–Trinajstić information content (AvgIpc) is 2.86.